The first kappa shape index (κ1) is 13.7. The molecule has 1 aromatic carbocycles. The maximum atomic E-state index is 13.1. The van der Waals surface area contributed by atoms with Crippen molar-refractivity contribution < 1.29 is 4.39 Å². The zero-order chi connectivity index (χ0) is 14.7. The van der Waals surface area contributed by atoms with E-state index in [1.807, 2.05) is 12.1 Å². The molecule has 0 saturated heterocycles. The van der Waals surface area contributed by atoms with Crippen LogP contribution >= 0.6 is 0 Å². The number of aromatic nitrogens is 1. The van der Waals surface area contributed by atoms with E-state index in [1.54, 1.807) is 24.5 Å². The Morgan fingerprint density at radius 2 is 1.71 bits per heavy atom. The molecule has 2 heterocycles. The number of pyridine rings is 1. The van der Waals surface area contributed by atoms with Crippen LogP contribution in [0.5, 0.6) is 0 Å². The molecule has 1 aliphatic rings. The summed E-state index contributed by atoms with van der Waals surface area (Å²) in [5.74, 6) is -0.222. The van der Waals surface area contributed by atoms with Crippen molar-refractivity contribution in [2.75, 3.05) is 0 Å². The van der Waals surface area contributed by atoms with Crippen molar-refractivity contribution in [3.05, 3.63) is 65.7 Å². The van der Waals surface area contributed by atoms with Gasteiger partial charge in [0.2, 0.25) is 0 Å². The zero-order valence-corrected chi connectivity index (χ0v) is 12.0. The van der Waals surface area contributed by atoms with Crippen LogP contribution in [-0.4, -0.2) is 10.7 Å². The van der Waals surface area contributed by atoms with Gasteiger partial charge in [-0.25, -0.2) is 4.39 Å². The molecule has 0 aliphatic carbocycles. The number of hydrogen-bond donors (Lipinski definition) is 0. The van der Waals surface area contributed by atoms with Crippen LogP contribution in [0.4, 0.5) is 4.39 Å². The normalized spacial score (nSPS) is 14.5. The predicted molar refractivity (Wildman–Crippen MR) is 84.4 cm³/mol. The van der Waals surface area contributed by atoms with Crippen LogP contribution in [0.15, 0.2) is 53.8 Å². The first-order valence-electron chi connectivity index (χ1n) is 7.24. The van der Waals surface area contributed by atoms with Gasteiger partial charge in [-0.1, -0.05) is 13.3 Å². The Labute approximate surface area is 124 Å². The molecule has 2 aromatic rings. The fourth-order valence-corrected chi connectivity index (χ4v) is 2.62. The minimum atomic E-state index is -0.222. The quantitative estimate of drug-likeness (QED) is 0.794. The molecule has 0 unspecified atom stereocenters. The van der Waals surface area contributed by atoms with Crippen molar-refractivity contribution in [2.45, 2.75) is 26.2 Å². The molecule has 0 spiro atoms. The van der Waals surface area contributed by atoms with Crippen molar-refractivity contribution in [3.63, 3.8) is 0 Å². The maximum absolute atomic E-state index is 13.1. The minimum absolute atomic E-state index is 0.222. The van der Waals surface area contributed by atoms with E-state index in [-0.39, 0.29) is 5.82 Å². The van der Waals surface area contributed by atoms with E-state index in [0.717, 1.165) is 36.1 Å². The van der Waals surface area contributed by atoms with Gasteiger partial charge in [0, 0.05) is 30.1 Å². The van der Waals surface area contributed by atoms with Gasteiger partial charge in [0.25, 0.3) is 0 Å². The number of halogens is 1. The molecule has 3 rings (SSSR count). The minimum Gasteiger partial charge on any atom is -0.265 e. The number of aliphatic imine (C=N–C) groups is 1. The van der Waals surface area contributed by atoms with E-state index in [2.05, 4.69) is 11.9 Å². The third-order valence-electron chi connectivity index (χ3n) is 3.62. The molecule has 21 heavy (non-hydrogen) atoms. The number of nitrogens with zero attached hydrogens (tertiary/aromatic N) is 2. The Morgan fingerprint density at radius 1 is 1.00 bits per heavy atom. The van der Waals surface area contributed by atoms with E-state index < -0.39 is 0 Å². The van der Waals surface area contributed by atoms with Gasteiger partial charge in [-0.15, -0.1) is 0 Å². The Balaban J connectivity index is 2.05. The molecular weight excluding hydrogens is 263 g/mol. The summed E-state index contributed by atoms with van der Waals surface area (Å²) in [6.07, 6.45) is 6.54. The number of benzene rings is 1. The Hall–Kier alpha value is -2.29. The van der Waals surface area contributed by atoms with Gasteiger partial charge in [-0.05, 0) is 54.0 Å². The summed E-state index contributed by atoms with van der Waals surface area (Å²) in [6, 6.07) is 10.6. The lowest BCUT2D eigenvalue weighted by molar-refractivity contribution is 0.627. The largest absolute Gasteiger partial charge is 0.265 e. The molecule has 0 radical (unpaired) electrons. The topological polar surface area (TPSA) is 25.2 Å². The molecule has 0 saturated carbocycles. The monoisotopic (exact) mass is 280 g/mol. The smallest absolute Gasteiger partial charge is 0.123 e. The van der Waals surface area contributed by atoms with E-state index in [1.165, 1.54) is 23.4 Å². The summed E-state index contributed by atoms with van der Waals surface area (Å²) < 4.78 is 13.1. The summed E-state index contributed by atoms with van der Waals surface area (Å²) in [6.45, 7) is 2.16. The molecule has 106 valence electrons. The van der Waals surface area contributed by atoms with Crippen molar-refractivity contribution in [1.82, 2.24) is 4.98 Å². The summed E-state index contributed by atoms with van der Waals surface area (Å²) in [7, 11) is 0. The zero-order valence-electron chi connectivity index (χ0n) is 12.0. The fraction of sp³-hybridized carbons (Fsp3) is 0.222. The summed E-state index contributed by atoms with van der Waals surface area (Å²) in [5, 5.41) is 0. The van der Waals surface area contributed by atoms with Crippen LogP contribution in [-0.2, 0) is 0 Å². The lowest BCUT2D eigenvalue weighted by Gasteiger charge is -2.06. The van der Waals surface area contributed by atoms with E-state index in [0.29, 0.717) is 0 Å². The van der Waals surface area contributed by atoms with Crippen molar-refractivity contribution in [1.29, 1.82) is 0 Å². The Kier molecular flexibility index (Phi) is 3.91. The second kappa shape index (κ2) is 6.00. The number of rotatable bonds is 4. The predicted octanol–water partition coefficient (Wildman–Crippen LogP) is 4.73. The number of allylic oxidation sites excluding steroid dienone is 1. The molecular formula is C18H17FN2. The lowest BCUT2D eigenvalue weighted by atomic mass is 9.98. The first-order chi connectivity index (χ1) is 10.3. The Bertz CT molecular complexity index is 685. The highest BCUT2D eigenvalue weighted by atomic mass is 19.1. The van der Waals surface area contributed by atoms with Crippen molar-refractivity contribution in [3.8, 4) is 0 Å². The van der Waals surface area contributed by atoms with Gasteiger partial charge in [0.15, 0.2) is 0 Å². The molecule has 2 nitrogen and oxygen atoms in total. The van der Waals surface area contributed by atoms with Gasteiger partial charge < -0.3 is 0 Å². The fourth-order valence-electron chi connectivity index (χ4n) is 2.62. The van der Waals surface area contributed by atoms with Gasteiger partial charge in [-0.3, -0.25) is 9.98 Å². The summed E-state index contributed by atoms with van der Waals surface area (Å²) >= 11 is 0. The molecule has 0 N–H and O–H groups in total. The van der Waals surface area contributed by atoms with Crippen LogP contribution in [0.25, 0.3) is 11.3 Å². The third-order valence-corrected chi connectivity index (χ3v) is 3.62. The molecule has 0 amide bonds. The molecule has 1 aromatic heterocycles. The standard InChI is InChI=1S/C18H17FN2/c1-2-3-16-12-17(13-8-10-20-11-9-13)18(21-16)14-4-6-15(19)7-5-14/h4-11H,2-3,12H2,1H3. The van der Waals surface area contributed by atoms with Crippen molar-refractivity contribution in [2.24, 2.45) is 4.99 Å². The summed E-state index contributed by atoms with van der Waals surface area (Å²) in [4.78, 5) is 8.86. The summed E-state index contributed by atoms with van der Waals surface area (Å²) in [5.41, 5.74) is 5.47. The number of hydrogen-bond acceptors (Lipinski definition) is 2. The highest BCUT2D eigenvalue weighted by molar-refractivity contribution is 6.10. The SMILES string of the molecule is CCCC1=NC(c2ccc(F)cc2)=C(c2ccncc2)C1. The van der Waals surface area contributed by atoms with Crippen LogP contribution in [0.2, 0.25) is 0 Å². The van der Waals surface area contributed by atoms with Gasteiger partial charge >= 0.3 is 0 Å². The molecule has 0 fully saturated rings. The average Bonchev–Trinajstić information content (AvgIpc) is 2.93. The maximum Gasteiger partial charge on any atom is 0.123 e. The molecule has 3 heteroatoms. The van der Waals surface area contributed by atoms with Crippen molar-refractivity contribution >= 4 is 17.0 Å². The highest BCUT2D eigenvalue weighted by Crippen LogP contribution is 2.36. The van der Waals surface area contributed by atoms with Crippen LogP contribution in [0.1, 0.15) is 37.3 Å². The Morgan fingerprint density at radius 3 is 2.38 bits per heavy atom. The first-order valence-corrected chi connectivity index (χ1v) is 7.24. The van der Waals surface area contributed by atoms with E-state index >= 15 is 0 Å². The second-order valence-electron chi connectivity index (χ2n) is 5.17. The third kappa shape index (κ3) is 2.92. The van der Waals surface area contributed by atoms with Gasteiger partial charge in [0.05, 0.1) is 5.70 Å². The average molecular weight is 280 g/mol. The highest BCUT2D eigenvalue weighted by Gasteiger charge is 2.20. The van der Waals surface area contributed by atoms with Crippen LogP contribution in [0, 0.1) is 5.82 Å². The van der Waals surface area contributed by atoms with E-state index in [9.17, 15) is 4.39 Å². The second-order valence-corrected chi connectivity index (χ2v) is 5.17. The molecule has 0 bridgehead atoms. The van der Waals surface area contributed by atoms with Gasteiger partial charge in [0.1, 0.15) is 5.82 Å². The molecule has 1 aliphatic heterocycles. The molecule has 0 atom stereocenters. The lowest BCUT2D eigenvalue weighted by Crippen LogP contribution is -1.94. The van der Waals surface area contributed by atoms with Crippen LogP contribution < -0.4 is 0 Å². The van der Waals surface area contributed by atoms with Gasteiger partial charge in [-0.2, -0.15) is 0 Å². The van der Waals surface area contributed by atoms with Crippen LogP contribution in [0.3, 0.4) is 0 Å². The van der Waals surface area contributed by atoms with E-state index in [4.69, 9.17) is 4.99 Å².